The molecule has 1 unspecified atom stereocenters. The van der Waals surface area contributed by atoms with Crippen LogP contribution < -0.4 is 5.73 Å². The zero-order chi connectivity index (χ0) is 11.3. The summed E-state index contributed by atoms with van der Waals surface area (Å²) in [4.78, 5) is 3.06. The van der Waals surface area contributed by atoms with Crippen LogP contribution in [-0.2, 0) is 4.74 Å². The van der Waals surface area contributed by atoms with E-state index in [0.717, 1.165) is 32.7 Å². The lowest BCUT2D eigenvalue weighted by molar-refractivity contribution is 0.154. The van der Waals surface area contributed by atoms with E-state index < -0.39 is 0 Å². The fourth-order valence-electron chi connectivity index (χ4n) is 1.87. The average molecular weight is 230 g/mol. The van der Waals surface area contributed by atoms with Crippen LogP contribution in [0.15, 0.2) is 0 Å². The summed E-state index contributed by atoms with van der Waals surface area (Å²) in [5, 5.41) is 0. The summed E-state index contributed by atoms with van der Waals surface area (Å²) in [5.41, 5.74) is 5.53. The first-order valence-corrected chi connectivity index (χ1v) is 6.10. The predicted molar refractivity (Wildman–Crippen MR) is 67.0 cm³/mol. The van der Waals surface area contributed by atoms with E-state index in [2.05, 4.69) is 18.7 Å². The maximum Gasteiger partial charge on any atom is 0.0740 e. The Balaban J connectivity index is 2.32. The molecule has 0 radical (unpaired) electrons. The molecule has 4 heteroatoms. The number of rotatable bonds is 6. The minimum Gasteiger partial charge on any atom is -0.393 e. The molecule has 0 aliphatic carbocycles. The van der Waals surface area contributed by atoms with Crippen LogP contribution in [0.4, 0.5) is 0 Å². The summed E-state index contributed by atoms with van der Waals surface area (Å²) in [6, 6.07) is 0.556. The van der Waals surface area contributed by atoms with Gasteiger partial charge in [-0.25, -0.2) is 0 Å². The van der Waals surface area contributed by atoms with Gasteiger partial charge in [-0.05, 0) is 26.2 Å². The van der Waals surface area contributed by atoms with E-state index in [-0.39, 0.29) is 0 Å². The molecule has 0 spiro atoms. The molecule has 15 heavy (non-hydrogen) atoms. The summed E-state index contributed by atoms with van der Waals surface area (Å²) in [6.45, 7) is 8.36. The zero-order valence-corrected chi connectivity index (χ0v) is 10.6. The number of hydrogen-bond donors (Lipinski definition) is 1. The third kappa shape index (κ3) is 4.91. The van der Waals surface area contributed by atoms with Crippen molar-refractivity contribution in [1.82, 2.24) is 4.90 Å². The third-order valence-corrected chi connectivity index (χ3v) is 3.10. The van der Waals surface area contributed by atoms with Gasteiger partial charge in [-0.3, -0.25) is 0 Å². The Morgan fingerprint density at radius 1 is 1.60 bits per heavy atom. The highest BCUT2D eigenvalue weighted by atomic mass is 32.1. The topological polar surface area (TPSA) is 38.5 Å². The molecule has 0 amide bonds. The quantitative estimate of drug-likeness (QED) is 0.700. The zero-order valence-electron chi connectivity index (χ0n) is 9.74. The molecule has 1 fully saturated rings. The molecule has 0 aromatic carbocycles. The van der Waals surface area contributed by atoms with Gasteiger partial charge >= 0.3 is 0 Å². The van der Waals surface area contributed by atoms with Crippen LogP contribution >= 0.6 is 12.2 Å². The second kappa shape index (κ2) is 6.40. The minimum atomic E-state index is 0.556. The van der Waals surface area contributed by atoms with E-state index in [0.29, 0.717) is 16.9 Å². The standard InChI is InChI=1S/C11H22N2OS/c1-9(2)13(5-3-11(12)15)7-10-4-6-14-8-10/h9-10H,3-8H2,1-2H3,(H2,12,15). The van der Waals surface area contributed by atoms with Crippen molar-refractivity contribution in [3.05, 3.63) is 0 Å². The second-order valence-corrected chi connectivity index (χ2v) is 5.06. The summed E-state index contributed by atoms with van der Waals surface area (Å²) in [5.74, 6) is 0.693. The lowest BCUT2D eigenvalue weighted by Gasteiger charge is -2.28. The largest absolute Gasteiger partial charge is 0.393 e. The van der Waals surface area contributed by atoms with E-state index in [1.807, 2.05) is 0 Å². The molecule has 2 N–H and O–H groups in total. The van der Waals surface area contributed by atoms with Gasteiger partial charge < -0.3 is 15.4 Å². The molecule has 3 nitrogen and oxygen atoms in total. The molecule has 0 aromatic heterocycles. The Morgan fingerprint density at radius 3 is 2.80 bits per heavy atom. The van der Waals surface area contributed by atoms with Crippen LogP contribution in [0.2, 0.25) is 0 Å². The number of nitrogens with two attached hydrogens (primary N) is 1. The van der Waals surface area contributed by atoms with Crippen LogP contribution in [0.1, 0.15) is 26.7 Å². The molecule has 1 saturated heterocycles. The second-order valence-electron chi connectivity index (χ2n) is 4.53. The Kier molecular flexibility index (Phi) is 5.50. The van der Waals surface area contributed by atoms with Crippen molar-refractivity contribution in [1.29, 1.82) is 0 Å². The fraction of sp³-hybridized carbons (Fsp3) is 0.909. The first kappa shape index (κ1) is 12.9. The van der Waals surface area contributed by atoms with Crippen LogP contribution in [-0.4, -0.2) is 42.2 Å². The average Bonchev–Trinajstić information content (AvgIpc) is 2.63. The molecular formula is C11H22N2OS. The molecule has 1 rings (SSSR count). The predicted octanol–water partition coefficient (Wildman–Crippen LogP) is 1.41. The van der Waals surface area contributed by atoms with Crippen molar-refractivity contribution in [3.63, 3.8) is 0 Å². The maximum absolute atomic E-state index is 5.53. The molecule has 1 heterocycles. The Hall–Kier alpha value is -0.190. The summed E-state index contributed by atoms with van der Waals surface area (Å²) < 4.78 is 5.39. The van der Waals surface area contributed by atoms with Crippen LogP contribution in [0, 0.1) is 5.92 Å². The molecule has 0 aromatic rings. The maximum atomic E-state index is 5.53. The van der Waals surface area contributed by atoms with E-state index >= 15 is 0 Å². The Bertz CT molecular complexity index is 203. The molecule has 0 saturated carbocycles. The van der Waals surface area contributed by atoms with Crippen molar-refractivity contribution < 1.29 is 4.74 Å². The SMILES string of the molecule is CC(C)N(CCC(N)=S)CC1CCOC1. The van der Waals surface area contributed by atoms with Crippen LogP contribution in [0.25, 0.3) is 0 Å². The van der Waals surface area contributed by atoms with Gasteiger partial charge in [-0.15, -0.1) is 0 Å². The monoisotopic (exact) mass is 230 g/mol. The normalized spacial score (nSPS) is 21.5. The molecular weight excluding hydrogens is 208 g/mol. The third-order valence-electron chi connectivity index (χ3n) is 2.89. The Labute approximate surface area is 98.0 Å². The van der Waals surface area contributed by atoms with E-state index in [1.165, 1.54) is 6.42 Å². The van der Waals surface area contributed by atoms with Gasteiger partial charge in [-0.2, -0.15) is 0 Å². The van der Waals surface area contributed by atoms with Gasteiger partial charge in [0, 0.05) is 32.2 Å². The van der Waals surface area contributed by atoms with Crippen LogP contribution in [0.3, 0.4) is 0 Å². The lowest BCUT2D eigenvalue weighted by Crippen LogP contribution is -2.37. The van der Waals surface area contributed by atoms with Gasteiger partial charge in [0.2, 0.25) is 0 Å². The van der Waals surface area contributed by atoms with Gasteiger partial charge in [0.15, 0.2) is 0 Å². The molecule has 0 bridgehead atoms. The van der Waals surface area contributed by atoms with Gasteiger partial charge in [0.05, 0.1) is 11.6 Å². The highest BCUT2D eigenvalue weighted by molar-refractivity contribution is 7.80. The minimum absolute atomic E-state index is 0.556. The lowest BCUT2D eigenvalue weighted by atomic mass is 10.1. The van der Waals surface area contributed by atoms with E-state index in [4.69, 9.17) is 22.7 Å². The van der Waals surface area contributed by atoms with Crippen molar-refractivity contribution in [2.75, 3.05) is 26.3 Å². The number of nitrogens with zero attached hydrogens (tertiary/aromatic N) is 1. The van der Waals surface area contributed by atoms with Crippen molar-refractivity contribution in [3.8, 4) is 0 Å². The highest BCUT2D eigenvalue weighted by Gasteiger charge is 2.20. The summed E-state index contributed by atoms with van der Waals surface area (Å²) in [6.07, 6.45) is 2.01. The first-order chi connectivity index (χ1) is 7.09. The van der Waals surface area contributed by atoms with Gasteiger partial charge in [-0.1, -0.05) is 12.2 Å². The van der Waals surface area contributed by atoms with E-state index in [9.17, 15) is 0 Å². The van der Waals surface area contributed by atoms with Crippen molar-refractivity contribution in [2.45, 2.75) is 32.7 Å². The van der Waals surface area contributed by atoms with Gasteiger partial charge in [0.25, 0.3) is 0 Å². The van der Waals surface area contributed by atoms with Crippen LogP contribution in [0.5, 0.6) is 0 Å². The number of hydrogen-bond acceptors (Lipinski definition) is 3. The summed E-state index contributed by atoms with van der Waals surface area (Å²) >= 11 is 4.91. The summed E-state index contributed by atoms with van der Waals surface area (Å²) in [7, 11) is 0. The highest BCUT2D eigenvalue weighted by Crippen LogP contribution is 2.15. The molecule has 1 atom stereocenters. The molecule has 88 valence electrons. The van der Waals surface area contributed by atoms with Crippen molar-refractivity contribution >= 4 is 17.2 Å². The Morgan fingerprint density at radius 2 is 2.33 bits per heavy atom. The number of thiocarbonyl (C=S) groups is 1. The van der Waals surface area contributed by atoms with E-state index in [1.54, 1.807) is 0 Å². The number of ether oxygens (including phenoxy) is 1. The van der Waals surface area contributed by atoms with Gasteiger partial charge in [0.1, 0.15) is 0 Å². The smallest absolute Gasteiger partial charge is 0.0740 e. The molecule has 1 aliphatic rings. The fourth-order valence-corrected chi connectivity index (χ4v) is 1.96. The van der Waals surface area contributed by atoms with Crippen molar-refractivity contribution in [2.24, 2.45) is 11.7 Å². The molecule has 1 aliphatic heterocycles. The first-order valence-electron chi connectivity index (χ1n) is 5.69.